The van der Waals surface area contributed by atoms with Crippen molar-refractivity contribution in [2.24, 2.45) is 0 Å². The predicted octanol–water partition coefficient (Wildman–Crippen LogP) is 6.18. The van der Waals surface area contributed by atoms with E-state index in [1.807, 2.05) is 16.9 Å². The highest BCUT2D eigenvalue weighted by Crippen LogP contribution is 2.32. The summed E-state index contributed by atoms with van der Waals surface area (Å²) in [4.78, 5) is 39.4. The summed E-state index contributed by atoms with van der Waals surface area (Å²) in [6, 6.07) is 9.44. The van der Waals surface area contributed by atoms with Crippen molar-refractivity contribution >= 4 is 34.3 Å². The number of pyridine rings is 2. The molecule has 3 aromatic heterocycles. The molecule has 0 radical (unpaired) electrons. The van der Waals surface area contributed by atoms with Crippen LogP contribution in [0.4, 0.5) is 13.2 Å². The second-order valence-corrected chi connectivity index (χ2v) is 11.4. The molecule has 2 amide bonds. The first-order valence-electron chi connectivity index (χ1n) is 14.5. The summed E-state index contributed by atoms with van der Waals surface area (Å²) >= 11 is 6.05. The van der Waals surface area contributed by atoms with Gasteiger partial charge in [-0.25, -0.2) is 4.98 Å². The standard InChI is InChI=1S/C31H30ClF3N6O3/c32-25-15-20(31(33,34)35)18-36-28(25)19-44-22-5-6-26-23(16-22)24(29(42)39-10-2-1-3-11-39)17-27(38-26)30(43)40-13-7-21(8-14-40)41-12-4-9-37-41/h4-6,9,12,15-18,21H,1-3,7-8,10-11,13-14,19H2. The van der Waals surface area contributed by atoms with Gasteiger partial charge in [-0.2, -0.15) is 18.3 Å². The molecule has 0 bridgehead atoms. The molecule has 0 spiro atoms. The molecule has 2 aliphatic rings. The van der Waals surface area contributed by atoms with Crippen LogP contribution in [0.3, 0.4) is 0 Å². The highest BCUT2D eigenvalue weighted by molar-refractivity contribution is 6.31. The molecule has 1 aromatic carbocycles. The van der Waals surface area contributed by atoms with E-state index in [9.17, 15) is 22.8 Å². The van der Waals surface area contributed by atoms with Crippen molar-refractivity contribution in [3.05, 3.63) is 82.5 Å². The van der Waals surface area contributed by atoms with E-state index < -0.39 is 11.7 Å². The van der Waals surface area contributed by atoms with Crippen LogP contribution in [0, 0.1) is 0 Å². The lowest BCUT2D eigenvalue weighted by molar-refractivity contribution is -0.137. The Morgan fingerprint density at radius 1 is 0.977 bits per heavy atom. The van der Waals surface area contributed by atoms with Crippen LogP contribution < -0.4 is 4.74 Å². The highest BCUT2D eigenvalue weighted by Gasteiger charge is 2.32. The average Bonchev–Trinajstić information content (AvgIpc) is 3.58. The maximum Gasteiger partial charge on any atom is 0.417 e. The molecule has 0 atom stereocenters. The third-order valence-corrected chi connectivity index (χ3v) is 8.47. The summed E-state index contributed by atoms with van der Waals surface area (Å²) in [6.07, 6.45) is 4.21. The molecular formula is C31H30ClF3N6O3. The third kappa shape index (κ3) is 6.35. The number of piperidine rings is 2. The monoisotopic (exact) mass is 626 g/mol. The Balaban J connectivity index is 1.26. The van der Waals surface area contributed by atoms with Crippen LogP contribution in [0.5, 0.6) is 5.75 Å². The predicted molar refractivity (Wildman–Crippen MR) is 156 cm³/mol. The number of amides is 2. The smallest absolute Gasteiger partial charge is 0.417 e. The van der Waals surface area contributed by atoms with E-state index in [-0.39, 0.29) is 40.9 Å². The Morgan fingerprint density at radius 3 is 2.41 bits per heavy atom. The summed E-state index contributed by atoms with van der Waals surface area (Å²) in [5.74, 6) is -0.0699. The van der Waals surface area contributed by atoms with E-state index in [2.05, 4.69) is 15.1 Å². The fraction of sp³-hybridized carbons (Fsp3) is 0.387. The number of ether oxygens (including phenoxy) is 1. The van der Waals surface area contributed by atoms with Crippen molar-refractivity contribution in [1.29, 1.82) is 0 Å². The first kappa shape index (κ1) is 29.9. The van der Waals surface area contributed by atoms with Gasteiger partial charge in [0.15, 0.2) is 0 Å². The first-order valence-corrected chi connectivity index (χ1v) is 14.9. The Bertz CT molecular complexity index is 1670. The van der Waals surface area contributed by atoms with Crippen LogP contribution in [-0.4, -0.2) is 67.5 Å². The number of fused-ring (bicyclic) bond motifs is 1. The van der Waals surface area contributed by atoms with Gasteiger partial charge in [0.25, 0.3) is 11.8 Å². The van der Waals surface area contributed by atoms with E-state index in [1.54, 1.807) is 40.3 Å². The van der Waals surface area contributed by atoms with Crippen molar-refractivity contribution < 1.29 is 27.5 Å². The topological polar surface area (TPSA) is 93.5 Å². The minimum atomic E-state index is -4.56. The van der Waals surface area contributed by atoms with Gasteiger partial charge in [0.1, 0.15) is 18.1 Å². The van der Waals surface area contributed by atoms with Crippen LogP contribution in [0.1, 0.15) is 70.2 Å². The molecule has 9 nitrogen and oxygen atoms in total. The lowest BCUT2D eigenvalue weighted by Crippen LogP contribution is -2.40. The first-order chi connectivity index (χ1) is 21.2. The molecule has 230 valence electrons. The lowest BCUT2D eigenvalue weighted by Gasteiger charge is -2.32. The highest BCUT2D eigenvalue weighted by atomic mass is 35.5. The summed E-state index contributed by atoms with van der Waals surface area (Å²) in [5.41, 5.74) is 0.199. The fourth-order valence-corrected chi connectivity index (χ4v) is 5.94. The normalized spacial score (nSPS) is 16.4. The number of benzene rings is 1. The zero-order valence-electron chi connectivity index (χ0n) is 23.8. The number of aromatic nitrogens is 4. The number of alkyl halides is 3. The molecule has 0 N–H and O–H groups in total. The van der Waals surface area contributed by atoms with Gasteiger partial charge < -0.3 is 14.5 Å². The van der Waals surface area contributed by atoms with Gasteiger partial charge in [-0.05, 0) is 68.5 Å². The van der Waals surface area contributed by atoms with Crippen molar-refractivity contribution in [2.45, 2.75) is 50.9 Å². The summed E-state index contributed by atoms with van der Waals surface area (Å²) < 4.78 is 46.7. The molecule has 0 aliphatic carbocycles. The minimum absolute atomic E-state index is 0.139. The summed E-state index contributed by atoms with van der Waals surface area (Å²) in [7, 11) is 0. The van der Waals surface area contributed by atoms with Crippen molar-refractivity contribution in [3.63, 3.8) is 0 Å². The van der Waals surface area contributed by atoms with E-state index in [4.69, 9.17) is 16.3 Å². The lowest BCUT2D eigenvalue weighted by atomic mass is 10.0. The number of likely N-dealkylation sites (tertiary alicyclic amines) is 2. The van der Waals surface area contributed by atoms with Gasteiger partial charge in [0.05, 0.1) is 33.4 Å². The summed E-state index contributed by atoms with van der Waals surface area (Å²) in [6.45, 7) is 2.16. The van der Waals surface area contributed by atoms with Crippen LogP contribution in [0.2, 0.25) is 5.02 Å². The van der Waals surface area contributed by atoms with Crippen LogP contribution in [-0.2, 0) is 12.8 Å². The summed E-state index contributed by atoms with van der Waals surface area (Å²) in [5, 5.41) is 4.67. The number of carbonyl (C=O) groups is 2. The van der Waals surface area contributed by atoms with Crippen LogP contribution in [0.25, 0.3) is 10.9 Å². The SMILES string of the molecule is O=C(c1cc(C(=O)N2CCCCC2)c2cc(OCc3ncc(C(F)(F)F)cc3Cl)ccc2n1)N1CCC(n2cccn2)CC1. The number of hydrogen-bond donors (Lipinski definition) is 0. The number of hydrogen-bond acceptors (Lipinski definition) is 6. The number of halogens is 4. The van der Waals surface area contributed by atoms with E-state index in [1.165, 1.54) is 0 Å². The molecule has 0 saturated carbocycles. The Morgan fingerprint density at radius 2 is 1.73 bits per heavy atom. The van der Waals surface area contributed by atoms with Gasteiger partial charge in [-0.15, -0.1) is 0 Å². The Labute approximate surface area is 256 Å². The second kappa shape index (κ2) is 12.4. The van der Waals surface area contributed by atoms with Gasteiger partial charge in [0.2, 0.25) is 0 Å². The number of carbonyl (C=O) groups excluding carboxylic acids is 2. The molecule has 44 heavy (non-hydrogen) atoms. The van der Waals surface area contributed by atoms with E-state index in [0.717, 1.165) is 38.2 Å². The van der Waals surface area contributed by atoms with Gasteiger partial charge in [-0.3, -0.25) is 19.3 Å². The molecule has 13 heteroatoms. The van der Waals surface area contributed by atoms with Crippen LogP contribution in [0.15, 0.2) is 55.0 Å². The van der Waals surface area contributed by atoms with Crippen molar-refractivity contribution in [3.8, 4) is 5.75 Å². The van der Waals surface area contributed by atoms with E-state index >= 15 is 0 Å². The van der Waals surface area contributed by atoms with Gasteiger partial charge >= 0.3 is 6.18 Å². The Hall–Kier alpha value is -4.19. The molecule has 6 rings (SSSR count). The maximum absolute atomic E-state index is 13.8. The molecule has 2 fully saturated rings. The minimum Gasteiger partial charge on any atom is -0.487 e. The third-order valence-electron chi connectivity index (χ3n) is 8.14. The quantitative estimate of drug-likeness (QED) is 0.254. The van der Waals surface area contributed by atoms with Crippen molar-refractivity contribution in [1.82, 2.24) is 29.5 Å². The van der Waals surface area contributed by atoms with Crippen molar-refractivity contribution in [2.75, 3.05) is 26.2 Å². The maximum atomic E-state index is 13.8. The molecule has 5 heterocycles. The molecule has 0 unspecified atom stereocenters. The zero-order valence-corrected chi connectivity index (χ0v) is 24.5. The molecule has 4 aromatic rings. The fourth-order valence-electron chi connectivity index (χ4n) is 5.72. The van der Waals surface area contributed by atoms with Gasteiger partial charge in [0, 0.05) is 50.2 Å². The molecule has 2 saturated heterocycles. The van der Waals surface area contributed by atoms with Crippen LogP contribution >= 0.6 is 11.6 Å². The largest absolute Gasteiger partial charge is 0.487 e. The second-order valence-electron chi connectivity index (χ2n) is 11.0. The van der Waals surface area contributed by atoms with E-state index in [0.29, 0.717) is 54.6 Å². The zero-order chi connectivity index (χ0) is 30.8. The molecule has 2 aliphatic heterocycles. The molecular weight excluding hydrogens is 597 g/mol. The van der Waals surface area contributed by atoms with Gasteiger partial charge in [-0.1, -0.05) is 11.6 Å². The number of nitrogens with zero attached hydrogens (tertiary/aromatic N) is 6. The Kier molecular flexibility index (Phi) is 8.44. The average molecular weight is 627 g/mol. The number of rotatable bonds is 6.